The quantitative estimate of drug-likeness (QED) is 0.195. The summed E-state index contributed by atoms with van der Waals surface area (Å²) in [7, 11) is 0. The van der Waals surface area contributed by atoms with Crippen LogP contribution in [0.3, 0.4) is 0 Å². The molecule has 2 amide bonds. The molecule has 2 saturated heterocycles. The summed E-state index contributed by atoms with van der Waals surface area (Å²) in [6, 6.07) is 8.08. The maximum absolute atomic E-state index is 14.4. The largest absolute Gasteiger partial charge is 0.357 e. The van der Waals surface area contributed by atoms with Crippen LogP contribution in [0.5, 0.6) is 0 Å². The summed E-state index contributed by atoms with van der Waals surface area (Å²) in [5, 5.41) is 14.1. The van der Waals surface area contributed by atoms with E-state index in [9.17, 15) is 23.9 Å². The van der Waals surface area contributed by atoms with Crippen molar-refractivity contribution in [2.45, 2.75) is 84.8 Å². The number of carbonyl (C=O) groups is 2. The van der Waals surface area contributed by atoms with Gasteiger partial charge in [-0.1, -0.05) is 26.8 Å². The van der Waals surface area contributed by atoms with E-state index in [-0.39, 0.29) is 35.8 Å². The first-order chi connectivity index (χ1) is 22.0. The lowest BCUT2D eigenvalue weighted by Crippen LogP contribution is -2.42. The minimum atomic E-state index is -1.25. The molecule has 3 aromatic rings. The maximum Gasteiger partial charge on any atom is 0.274 e. The Bertz CT molecular complexity index is 1610. The van der Waals surface area contributed by atoms with Crippen LogP contribution in [0, 0.1) is 11.2 Å². The van der Waals surface area contributed by atoms with Crippen LogP contribution in [0.15, 0.2) is 53.5 Å². The molecule has 2 atom stereocenters. The molecule has 0 saturated carbocycles. The highest BCUT2D eigenvalue weighted by molar-refractivity contribution is 5.94. The van der Waals surface area contributed by atoms with Gasteiger partial charge in [-0.15, -0.1) is 0 Å². The third-order valence-electron chi connectivity index (χ3n) is 8.48. The third kappa shape index (κ3) is 8.71. The van der Waals surface area contributed by atoms with Gasteiger partial charge in [0.05, 0.1) is 6.54 Å². The molecular formula is C35H46FN5O5. The highest BCUT2D eigenvalue weighted by Crippen LogP contribution is 2.28. The lowest BCUT2D eigenvalue weighted by atomic mass is 9.87. The van der Waals surface area contributed by atoms with Crippen LogP contribution in [0.4, 0.5) is 10.1 Å². The molecule has 1 unspecified atom stereocenters. The standard InChI is InChI=1S/C35H46FN5O5/c1-35(2,3)22-25-20-26(36)19-24-21-27(37-31(24)25)23-41-18-10-11-28(33(41)44)38-32(43)29(46-34(45)40-16-8-9-17-40)12-4-5-13-30(42)39-14-6-7-15-39/h5,10-11,13,18-21,29,34,37,45H,4,6-9,12,14-17,22-23H2,1-3H3,(H,38,43)/b13-5+/t29-,34?/m0/s1. The Morgan fingerprint density at radius 2 is 1.83 bits per heavy atom. The number of carbonyl (C=O) groups excluding carboxylic acids is 2. The summed E-state index contributed by atoms with van der Waals surface area (Å²) >= 11 is 0. The molecule has 3 N–H and O–H groups in total. The highest BCUT2D eigenvalue weighted by atomic mass is 19.1. The van der Waals surface area contributed by atoms with Gasteiger partial charge in [-0.3, -0.25) is 19.3 Å². The van der Waals surface area contributed by atoms with E-state index in [1.807, 2.05) is 6.07 Å². The number of pyridine rings is 1. The number of aliphatic hydroxyl groups is 1. The van der Waals surface area contributed by atoms with Gasteiger partial charge in [0.2, 0.25) is 12.3 Å². The number of halogens is 1. The highest BCUT2D eigenvalue weighted by Gasteiger charge is 2.28. The summed E-state index contributed by atoms with van der Waals surface area (Å²) in [6.45, 7) is 9.34. The molecule has 0 radical (unpaired) electrons. The Morgan fingerprint density at radius 1 is 1.11 bits per heavy atom. The number of likely N-dealkylation sites (tertiary alicyclic amines) is 2. The molecular weight excluding hydrogens is 589 g/mol. The van der Waals surface area contributed by atoms with Gasteiger partial charge in [-0.2, -0.15) is 0 Å². The van der Waals surface area contributed by atoms with Gasteiger partial charge in [-0.25, -0.2) is 4.39 Å². The van der Waals surface area contributed by atoms with Crippen molar-refractivity contribution in [3.8, 4) is 0 Å². The smallest absolute Gasteiger partial charge is 0.274 e. The van der Waals surface area contributed by atoms with E-state index < -0.39 is 24.0 Å². The normalized spacial score (nSPS) is 17.3. The van der Waals surface area contributed by atoms with Crippen LogP contribution in [-0.2, 0) is 27.3 Å². The Hall–Kier alpha value is -3.80. The number of hydrogen-bond acceptors (Lipinski definition) is 6. The minimum Gasteiger partial charge on any atom is -0.357 e. The molecule has 248 valence electrons. The number of anilines is 1. The number of amides is 2. The van der Waals surface area contributed by atoms with Crippen LogP contribution in [0.2, 0.25) is 0 Å². The van der Waals surface area contributed by atoms with E-state index >= 15 is 0 Å². The summed E-state index contributed by atoms with van der Waals surface area (Å²) < 4.78 is 21.7. The molecule has 1 aromatic carbocycles. The Kier molecular flexibility index (Phi) is 10.8. The number of benzene rings is 1. The second-order valence-electron chi connectivity index (χ2n) is 13.6. The van der Waals surface area contributed by atoms with Crippen molar-refractivity contribution < 1.29 is 23.8 Å². The fourth-order valence-corrected chi connectivity index (χ4v) is 6.22. The molecule has 10 nitrogen and oxygen atoms in total. The predicted molar refractivity (Wildman–Crippen MR) is 176 cm³/mol. The molecule has 46 heavy (non-hydrogen) atoms. The average molecular weight is 636 g/mol. The Balaban J connectivity index is 1.29. The monoisotopic (exact) mass is 635 g/mol. The molecule has 11 heteroatoms. The van der Waals surface area contributed by atoms with Gasteiger partial charge in [0.1, 0.15) is 17.6 Å². The molecule has 5 rings (SSSR count). The van der Waals surface area contributed by atoms with E-state index in [0.717, 1.165) is 60.9 Å². The number of nitrogens with zero attached hydrogens (tertiary/aromatic N) is 3. The number of hydrogen-bond donors (Lipinski definition) is 3. The number of allylic oxidation sites excluding steroid dienone is 1. The average Bonchev–Trinajstić information content (AvgIpc) is 3.78. The Labute approximate surface area is 269 Å². The van der Waals surface area contributed by atoms with Crippen LogP contribution in [0.1, 0.15) is 70.6 Å². The minimum absolute atomic E-state index is 0.0388. The van der Waals surface area contributed by atoms with Gasteiger partial charge in [-0.05, 0) is 92.3 Å². The van der Waals surface area contributed by atoms with Crippen LogP contribution < -0.4 is 10.9 Å². The first-order valence-corrected chi connectivity index (χ1v) is 16.3. The van der Waals surface area contributed by atoms with Crippen molar-refractivity contribution in [3.05, 3.63) is 76.1 Å². The lowest BCUT2D eigenvalue weighted by Gasteiger charge is -2.26. The van der Waals surface area contributed by atoms with Crippen molar-refractivity contribution in [1.29, 1.82) is 0 Å². The van der Waals surface area contributed by atoms with Crippen molar-refractivity contribution in [2.24, 2.45) is 5.41 Å². The molecule has 4 heterocycles. The molecule has 0 bridgehead atoms. The number of rotatable bonds is 12. The van der Waals surface area contributed by atoms with E-state index in [0.29, 0.717) is 25.9 Å². The topological polar surface area (TPSA) is 120 Å². The fourth-order valence-electron chi connectivity index (χ4n) is 6.22. The van der Waals surface area contributed by atoms with Gasteiger partial charge in [0.25, 0.3) is 11.5 Å². The second-order valence-corrected chi connectivity index (χ2v) is 13.6. The third-order valence-corrected chi connectivity index (χ3v) is 8.48. The van der Waals surface area contributed by atoms with Crippen molar-refractivity contribution in [2.75, 3.05) is 31.5 Å². The number of aliphatic hydroxyl groups excluding tert-OH is 1. The maximum atomic E-state index is 14.4. The summed E-state index contributed by atoms with van der Waals surface area (Å²) in [4.78, 5) is 46.3. The number of aromatic amines is 1. The van der Waals surface area contributed by atoms with Crippen molar-refractivity contribution in [1.82, 2.24) is 19.4 Å². The summed E-state index contributed by atoms with van der Waals surface area (Å²) in [5.74, 6) is -0.911. The molecule has 0 spiro atoms. The molecule has 2 aromatic heterocycles. The van der Waals surface area contributed by atoms with Gasteiger partial charge in [0, 0.05) is 49.0 Å². The fraction of sp³-hybridized carbons (Fsp3) is 0.514. The molecule has 0 aliphatic carbocycles. The Morgan fingerprint density at radius 3 is 2.54 bits per heavy atom. The van der Waals surface area contributed by atoms with Crippen LogP contribution in [0.25, 0.3) is 10.9 Å². The number of ether oxygens (including phenoxy) is 1. The first-order valence-electron chi connectivity index (χ1n) is 16.3. The van der Waals surface area contributed by atoms with Crippen LogP contribution in [-0.4, -0.2) is 75.0 Å². The van der Waals surface area contributed by atoms with Crippen LogP contribution >= 0.6 is 0 Å². The zero-order chi connectivity index (χ0) is 32.8. The van der Waals surface area contributed by atoms with E-state index in [4.69, 9.17) is 4.74 Å². The summed E-state index contributed by atoms with van der Waals surface area (Å²) in [5.41, 5.74) is 2.07. The van der Waals surface area contributed by atoms with Gasteiger partial charge < -0.3 is 29.6 Å². The van der Waals surface area contributed by atoms with Gasteiger partial charge >= 0.3 is 0 Å². The zero-order valence-corrected chi connectivity index (χ0v) is 27.1. The SMILES string of the molecule is CC(C)(C)Cc1cc(F)cc2cc(Cn3cccc(NC(=O)[C@H](CC/C=C/C(=O)N4CCCC4)OC(O)N4CCCC4)c3=O)[nH]c12. The van der Waals surface area contributed by atoms with Gasteiger partial charge in [0.15, 0.2) is 0 Å². The predicted octanol–water partition coefficient (Wildman–Crippen LogP) is 4.76. The lowest BCUT2D eigenvalue weighted by molar-refractivity contribution is -0.211. The van der Waals surface area contributed by atoms with Crippen molar-refractivity contribution in [3.63, 3.8) is 0 Å². The summed E-state index contributed by atoms with van der Waals surface area (Å²) in [6.07, 6.45) is 7.73. The van der Waals surface area contributed by atoms with E-state index in [1.165, 1.54) is 22.8 Å². The number of nitrogens with one attached hydrogen (secondary N) is 2. The number of fused-ring (bicyclic) bond motifs is 1. The zero-order valence-electron chi connectivity index (χ0n) is 27.1. The number of aromatic nitrogens is 2. The molecule has 2 aliphatic heterocycles. The van der Waals surface area contributed by atoms with Crippen molar-refractivity contribution >= 4 is 28.4 Å². The molecule has 2 fully saturated rings. The van der Waals surface area contributed by atoms with E-state index in [2.05, 4.69) is 31.1 Å². The molecule has 2 aliphatic rings. The first kappa shape index (κ1) is 33.6. The second kappa shape index (κ2) is 14.7. The number of H-pyrrole nitrogens is 1. The van der Waals surface area contributed by atoms with E-state index in [1.54, 1.807) is 34.2 Å².